The lowest BCUT2D eigenvalue weighted by Crippen LogP contribution is -2.26. The smallest absolute Gasteiger partial charge is 0.343 e. The van der Waals surface area contributed by atoms with E-state index < -0.39 is 17.4 Å². The predicted octanol–water partition coefficient (Wildman–Crippen LogP) is 1.06. The molecule has 2 rings (SSSR count). The molecule has 0 N–H and O–H groups in total. The maximum absolute atomic E-state index is 12.2. The highest BCUT2D eigenvalue weighted by atomic mass is 16.5. The Kier molecular flexibility index (Phi) is 5.24. The zero-order valence-corrected chi connectivity index (χ0v) is 12.8. The lowest BCUT2D eigenvalue weighted by atomic mass is 10.1. The van der Waals surface area contributed by atoms with Crippen molar-refractivity contribution in [2.24, 2.45) is 0 Å². The Balaban J connectivity index is 2.37. The van der Waals surface area contributed by atoms with Crippen LogP contribution in [0.3, 0.4) is 0 Å². The molecule has 7 heteroatoms. The van der Waals surface area contributed by atoms with Gasteiger partial charge in [0.05, 0.1) is 14.2 Å². The maximum Gasteiger partial charge on any atom is 0.343 e. The molecule has 0 bridgehead atoms. The lowest BCUT2D eigenvalue weighted by molar-refractivity contribution is 0.0594. The van der Waals surface area contributed by atoms with Gasteiger partial charge in [0.2, 0.25) is 5.43 Å². The highest BCUT2D eigenvalue weighted by Crippen LogP contribution is 2.04. The third-order valence-corrected chi connectivity index (χ3v) is 3.24. The summed E-state index contributed by atoms with van der Waals surface area (Å²) in [6.45, 7) is 0.436. The van der Waals surface area contributed by atoms with E-state index >= 15 is 0 Å². The van der Waals surface area contributed by atoms with E-state index in [1.54, 1.807) is 10.8 Å². The molecule has 0 atom stereocenters. The SMILES string of the molecule is COC(=O)c1cn(CCc2ccccn2)cc(C(=O)OC)c1=O. The van der Waals surface area contributed by atoms with Crippen LogP contribution in [0.1, 0.15) is 26.4 Å². The quantitative estimate of drug-likeness (QED) is 0.767. The fourth-order valence-corrected chi connectivity index (χ4v) is 2.06. The number of aryl methyl sites for hydroxylation is 2. The van der Waals surface area contributed by atoms with Gasteiger partial charge in [0.1, 0.15) is 11.1 Å². The van der Waals surface area contributed by atoms with Crippen LogP contribution in [-0.4, -0.2) is 35.7 Å². The first-order valence-corrected chi connectivity index (χ1v) is 6.87. The van der Waals surface area contributed by atoms with E-state index in [2.05, 4.69) is 14.5 Å². The second-order valence-corrected chi connectivity index (χ2v) is 4.71. The number of pyridine rings is 2. The summed E-state index contributed by atoms with van der Waals surface area (Å²) in [6.07, 6.45) is 4.98. The largest absolute Gasteiger partial charge is 0.465 e. The van der Waals surface area contributed by atoms with Crippen LogP contribution < -0.4 is 5.43 Å². The molecule has 0 unspecified atom stereocenters. The van der Waals surface area contributed by atoms with Crippen LogP contribution in [0.15, 0.2) is 41.6 Å². The summed E-state index contributed by atoms with van der Waals surface area (Å²) in [5.74, 6) is -1.60. The first-order valence-electron chi connectivity index (χ1n) is 6.87. The molecule has 7 nitrogen and oxygen atoms in total. The Hall–Kier alpha value is -2.96. The number of carbonyl (C=O) groups is 2. The maximum atomic E-state index is 12.2. The number of esters is 2. The molecule has 0 aliphatic heterocycles. The predicted molar refractivity (Wildman–Crippen MR) is 81.3 cm³/mol. The van der Waals surface area contributed by atoms with Gasteiger partial charge < -0.3 is 14.0 Å². The van der Waals surface area contributed by atoms with Crippen LogP contribution in [0.2, 0.25) is 0 Å². The summed E-state index contributed by atoms with van der Waals surface area (Å²) in [7, 11) is 2.34. The molecule has 0 radical (unpaired) electrons. The van der Waals surface area contributed by atoms with Gasteiger partial charge in [-0.05, 0) is 12.1 Å². The summed E-state index contributed by atoms with van der Waals surface area (Å²) in [4.78, 5) is 39.8. The molecule has 2 heterocycles. The number of rotatable bonds is 5. The van der Waals surface area contributed by atoms with Crippen molar-refractivity contribution in [1.29, 1.82) is 0 Å². The monoisotopic (exact) mass is 316 g/mol. The van der Waals surface area contributed by atoms with Gasteiger partial charge in [-0.15, -0.1) is 0 Å². The van der Waals surface area contributed by atoms with Crippen LogP contribution in [0.5, 0.6) is 0 Å². The molecular weight excluding hydrogens is 300 g/mol. The van der Waals surface area contributed by atoms with E-state index in [1.807, 2.05) is 18.2 Å². The molecule has 0 saturated heterocycles. The number of hydrogen-bond donors (Lipinski definition) is 0. The summed E-state index contributed by atoms with van der Waals surface area (Å²) >= 11 is 0. The van der Waals surface area contributed by atoms with Gasteiger partial charge in [0.25, 0.3) is 0 Å². The number of carbonyl (C=O) groups excluding carboxylic acids is 2. The van der Waals surface area contributed by atoms with Gasteiger partial charge in [-0.1, -0.05) is 6.07 Å². The van der Waals surface area contributed by atoms with E-state index in [4.69, 9.17) is 0 Å². The van der Waals surface area contributed by atoms with Gasteiger partial charge >= 0.3 is 11.9 Å². The summed E-state index contributed by atoms with van der Waals surface area (Å²) in [6, 6.07) is 5.55. The summed E-state index contributed by atoms with van der Waals surface area (Å²) < 4.78 is 10.8. The molecule has 0 aliphatic carbocycles. The molecule has 0 fully saturated rings. The normalized spacial score (nSPS) is 10.2. The molecule has 2 aromatic rings. The van der Waals surface area contributed by atoms with Crippen LogP contribution in [0, 0.1) is 0 Å². The minimum atomic E-state index is -0.799. The highest BCUT2D eigenvalue weighted by Gasteiger charge is 2.20. The van der Waals surface area contributed by atoms with Crippen molar-refractivity contribution < 1.29 is 19.1 Å². The van der Waals surface area contributed by atoms with E-state index in [0.717, 1.165) is 5.69 Å². The van der Waals surface area contributed by atoms with Crippen molar-refractivity contribution in [2.75, 3.05) is 14.2 Å². The van der Waals surface area contributed by atoms with Crippen LogP contribution in [0.4, 0.5) is 0 Å². The Morgan fingerprint density at radius 1 is 1.09 bits per heavy atom. The fourth-order valence-electron chi connectivity index (χ4n) is 2.06. The van der Waals surface area contributed by atoms with Crippen molar-refractivity contribution in [3.63, 3.8) is 0 Å². The van der Waals surface area contributed by atoms with E-state index in [0.29, 0.717) is 13.0 Å². The average molecular weight is 316 g/mol. The fraction of sp³-hybridized carbons (Fsp3) is 0.250. The number of nitrogens with zero attached hydrogens (tertiary/aromatic N) is 2. The number of hydrogen-bond acceptors (Lipinski definition) is 6. The Labute approximate surface area is 132 Å². The Morgan fingerprint density at radius 2 is 1.70 bits per heavy atom. The molecule has 0 amide bonds. The van der Waals surface area contributed by atoms with Crippen LogP contribution in [-0.2, 0) is 22.4 Å². The minimum Gasteiger partial charge on any atom is -0.465 e. The number of aromatic nitrogens is 2. The molecule has 23 heavy (non-hydrogen) atoms. The molecule has 0 spiro atoms. The molecule has 2 aromatic heterocycles. The lowest BCUT2D eigenvalue weighted by Gasteiger charge is -2.10. The molecule has 0 aliphatic rings. The zero-order chi connectivity index (χ0) is 16.8. The van der Waals surface area contributed by atoms with Gasteiger partial charge in [0, 0.05) is 37.3 Å². The Morgan fingerprint density at radius 3 is 2.17 bits per heavy atom. The zero-order valence-electron chi connectivity index (χ0n) is 12.8. The van der Waals surface area contributed by atoms with Crippen LogP contribution in [0.25, 0.3) is 0 Å². The third kappa shape index (κ3) is 3.82. The van der Waals surface area contributed by atoms with E-state index in [-0.39, 0.29) is 11.1 Å². The first kappa shape index (κ1) is 16.4. The van der Waals surface area contributed by atoms with Gasteiger partial charge in [-0.2, -0.15) is 0 Å². The second-order valence-electron chi connectivity index (χ2n) is 4.71. The van der Waals surface area contributed by atoms with Gasteiger partial charge in [0.15, 0.2) is 0 Å². The molecule has 0 saturated carbocycles. The molecule has 0 aromatic carbocycles. The van der Waals surface area contributed by atoms with Gasteiger partial charge in [-0.3, -0.25) is 9.78 Å². The first-order chi connectivity index (χ1) is 11.1. The minimum absolute atomic E-state index is 0.212. The van der Waals surface area contributed by atoms with Crippen molar-refractivity contribution >= 4 is 11.9 Å². The van der Waals surface area contributed by atoms with Crippen molar-refractivity contribution in [3.8, 4) is 0 Å². The summed E-state index contributed by atoms with van der Waals surface area (Å²) in [5, 5.41) is 0. The second kappa shape index (κ2) is 7.35. The van der Waals surface area contributed by atoms with Crippen LogP contribution >= 0.6 is 0 Å². The highest BCUT2D eigenvalue weighted by molar-refractivity contribution is 5.94. The topological polar surface area (TPSA) is 87.5 Å². The van der Waals surface area contributed by atoms with Crippen molar-refractivity contribution in [2.45, 2.75) is 13.0 Å². The summed E-state index contributed by atoms with van der Waals surface area (Å²) in [5.41, 5.74) is -0.281. The standard InChI is InChI=1S/C16H16N2O5/c1-22-15(20)12-9-18(8-6-11-5-3-4-7-17-11)10-13(14(12)19)16(21)23-2/h3-5,7,9-10H,6,8H2,1-2H3. The van der Waals surface area contributed by atoms with Gasteiger partial charge in [-0.25, -0.2) is 9.59 Å². The van der Waals surface area contributed by atoms with E-state index in [1.165, 1.54) is 26.6 Å². The molecule has 120 valence electrons. The number of ether oxygens (including phenoxy) is 2. The molecular formula is C16H16N2O5. The third-order valence-electron chi connectivity index (χ3n) is 3.24. The average Bonchev–Trinajstić information content (AvgIpc) is 2.60. The Bertz CT molecular complexity index is 728. The van der Waals surface area contributed by atoms with E-state index in [9.17, 15) is 14.4 Å². The number of methoxy groups -OCH3 is 2. The van der Waals surface area contributed by atoms with Crippen molar-refractivity contribution in [1.82, 2.24) is 9.55 Å². The van der Waals surface area contributed by atoms with Crippen molar-refractivity contribution in [3.05, 3.63) is 63.8 Å².